The summed E-state index contributed by atoms with van der Waals surface area (Å²) in [6, 6.07) is 3.58. The van der Waals surface area contributed by atoms with Gasteiger partial charge in [-0.3, -0.25) is 14.5 Å². The summed E-state index contributed by atoms with van der Waals surface area (Å²) < 4.78 is 6.09. The first kappa shape index (κ1) is 12.7. The second-order valence-electron chi connectivity index (χ2n) is 3.48. The number of carbonyl (C=O) groups is 2. The quantitative estimate of drug-likeness (QED) is 0.611. The van der Waals surface area contributed by atoms with Crippen LogP contribution in [0.2, 0.25) is 0 Å². The first-order valence-electron chi connectivity index (χ1n) is 5.12. The highest BCUT2D eigenvalue weighted by Gasteiger charge is 2.34. The Bertz CT molecular complexity index is 495. The largest absolute Gasteiger partial charge is 0.451 e. The number of nitrogens with zero attached hydrogens (tertiary/aromatic N) is 1. The number of rotatable bonds is 3. The highest BCUT2D eigenvalue weighted by molar-refractivity contribution is 14.1. The minimum Gasteiger partial charge on any atom is -0.451 e. The predicted molar refractivity (Wildman–Crippen MR) is 74.4 cm³/mol. The van der Waals surface area contributed by atoms with E-state index in [1.165, 1.54) is 4.90 Å². The molecule has 2 rings (SSSR count). The van der Waals surface area contributed by atoms with Crippen molar-refractivity contribution in [1.82, 2.24) is 4.90 Å². The van der Waals surface area contributed by atoms with Gasteiger partial charge in [0.25, 0.3) is 11.1 Å². The van der Waals surface area contributed by atoms with E-state index >= 15 is 0 Å². The molecule has 1 saturated heterocycles. The Balaban J connectivity index is 2.21. The average Bonchev–Trinajstić information content (AvgIpc) is 2.79. The van der Waals surface area contributed by atoms with Gasteiger partial charge in [-0.25, -0.2) is 0 Å². The fourth-order valence-corrected chi connectivity index (χ4v) is 2.73. The van der Waals surface area contributed by atoms with Crippen LogP contribution in [0.25, 0.3) is 6.08 Å². The van der Waals surface area contributed by atoms with Crippen molar-refractivity contribution in [1.29, 1.82) is 0 Å². The molecule has 1 fully saturated rings. The van der Waals surface area contributed by atoms with Crippen LogP contribution in [0.3, 0.4) is 0 Å². The van der Waals surface area contributed by atoms with Gasteiger partial charge in [-0.05, 0) is 52.9 Å². The van der Waals surface area contributed by atoms with Crippen molar-refractivity contribution >= 4 is 51.6 Å². The average molecular weight is 363 g/mol. The third kappa shape index (κ3) is 2.74. The molecule has 0 saturated carbocycles. The lowest BCUT2D eigenvalue weighted by Crippen LogP contribution is -2.28. The molecule has 0 bridgehead atoms. The van der Waals surface area contributed by atoms with Gasteiger partial charge in [0.05, 0.1) is 4.91 Å². The summed E-state index contributed by atoms with van der Waals surface area (Å²) in [6.07, 6.45) is 2.38. The van der Waals surface area contributed by atoms with Crippen LogP contribution in [0.4, 0.5) is 4.79 Å². The van der Waals surface area contributed by atoms with Gasteiger partial charge < -0.3 is 4.42 Å². The summed E-state index contributed by atoms with van der Waals surface area (Å²) in [5.41, 5.74) is 0. The molecule has 0 unspecified atom stereocenters. The molecule has 2 amide bonds. The lowest BCUT2D eigenvalue weighted by molar-refractivity contribution is -0.122. The zero-order valence-electron chi connectivity index (χ0n) is 9.10. The molecular weight excluding hydrogens is 353 g/mol. The Hall–Kier alpha value is -0.760. The Morgan fingerprint density at radius 2 is 2.24 bits per heavy atom. The highest BCUT2D eigenvalue weighted by atomic mass is 127. The van der Waals surface area contributed by atoms with Crippen LogP contribution in [0.1, 0.15) is 19.1 Å². The Morgan fingerprint density at radius 3 is 2.82 bits per heavy atom. The Labute approximate surface area is 117 Å². The molecule has 1 aliphatic rings. The van der Waals surface area contributed by atoms with Crippen molar-refractivity contribution in [3.8, 4) is 0 Å². The Kier molecular flexibility index (Phi) is 3.93. The molecule has 1 aromatic heterocycles. The smallest absolute Gasteiger partial charge is 0.293 e. The lowest BCUT2D eigenvalue weighted by atomic mass is 10.3. The molecule has 0 spiro atoms. The summed E-state index contributed by atoms with van der Waals surface area (Å²) in [6.45, 7) is 2.40. The van der Waals surface area contributed by atoms with Gasteiger partial charge in [0, 0.05) is 12.6 Å². The van der Waals surface area contributed by atoms with Crippen molar-refractivity contribution in [2.75, 3.05) is 6.54 Å². The topological polar surface area (TPSA) is 50.5 Å². The molecule has 0 N–H and O–H groups in total. The standard InChI is InChI=1S/C11H10INO3S/c1-2-5-13-10(14)8(17-11(13)15)6-7-3-4-9(12)16-7/h3-4,6H,2,5H2,1H3/b8-6-. The van der Waals surface area contributed by atoms with E-state index in [1.54, 1.807) is 12.1 Å². The van der Waals surface area contributed by atoms with E-state index in [0.717, 1.165) is 21.9 Å². The molecule has 0 aliphatic carbocycles. The number of amides is 2. The molecule has 4 nitrogen and oxygen atoms in total. The Morgan fingerprint density at radius 1 is 1.47 bits per heavy atom. The number of furan rings is 1. The second kappa shape index (κ2) is 5.26. The number of hydrogen-bond acceptors (Lipinski definition) is 4. The minimum absolute atomic E-state index is 0.204. The van der Waals surface area contributed by atoms with E-state index in [9.17, 15) is 9.59 Å². The second-order valence-corrected chi connectivity index (χ2v) is 5.53. The summed E-state index contributed by atoms with van der Waals surface area (Å²) in [7, 11) is 0. The van der Waals surface area contributed by atoms with E-state index in [2.05, 4.69) is 0 Å². The molecule has 0 atom stereocenters. The van der Waals surface area contributed by atoms with Crippen molar-refractivity contribution < 1.29 is 14.0 Å². The predicted octanol–water partition coefficient (Wildman–Crippen LogP) is 3.33. The number of hydrogen-bond donors (Lipinski definition) is 0. The molecular formula is C11H10INO3S. The molecule has 17 heavy (non-hydrogen) atoms. The minimum atomic E-state index is -0.228. The van der Waals surface area contributed by atoms with Gasteiger partial charge in [0.15, 0.2) is 3.77 Å². The van der Waals surface area contributed by atoms with Crippen molar-refractivity contribution in [2.24, 2.45) is 0 Å². The molecule has 0 aromatic carbocycles. The number of halogens is 1. The van der Waals surface area contributed by atoms with Crippen LogP contribution in [0, 0.1) is 3.77 Å². The molecule has 1 aromatic rings. The van der Waals surface area contributed by atoms with E-state index in [1.807, 2.05) is 35.6 Å². The van der Waals surface area contributed by atoms with Crippen LogP contribution >= 0.6 is 34.4 Å². The molecule has 6 heteroatoms. The fourth-order valence-electron chi connectivity index (χ4n) is 1.45. The van der Waals surface area contributed by atoms with Gasteiger partial charge in [-0.15, -0.1) is 0 Å². The van der Waals surface area contributed by atoms with Crippen molar-refractivity contribution in [3.63, 3.8) is 0 Å². The first-order chi connectivity index (χ1) is 8.11. The maximum Gasteiger partial charge on any atom is 0.293 e. The van der Waals surface area contributed by atoms with E-state index < -0.39 is 0 Å². The van der Waals surface area contributed by atoms with Crippen LogP contribution < -0.4 is 0 Å². The zero-order valence-corrected chi connectivity index (χ0v) is 12.1. The maximum atomic E-state index is 11.9. The monoisotopic (exact) mass is 363 g/mol. The van der Waals surface area contributed by atoms with Crippen molar-refractivity contribution in [2.45, 2.75) is 13.3 Å². The van der Waals surface area contributed by atoms with Crippen LogP contribution in [-0.2, 0) is 4.79 Å². The third-order valence-corrected chi connectivity index (χ3v) is 3.68. The molecule has 1 aliphatic heterocycles. The van der Waals surface area contributed by atoms with E-state index in [4.69, 9.17) is 4.42 Å². The van der Waals surface area contributed by atoms with Crippen LogP contribution in [0.15, 0.2) is 21.5 Å². The summed E-state index contributed by atoms with van der Waals surface area (Å²) in [5, 5.41) is -0.204. The highest BCUT2D eigenvalue weighted by Crippen LogP contribution is 2.32. The fraction of sp³-hybridized carbons (Fsp3) is 0.273. The molecule has 2 heterocycles. The number of carbonyl (C=O) groups excluding carboxylic acids is 2. The van der Waals surface area contributed by atoms with Gasteiger partial charge >= 0.3 is 0 Å². The van der Waals surface area contributed by atoms with E-state index in [-0.39, 0.29) is 11.1 Å². The van der Waals surface area contributed by atoms with Crippen LogP contribution in [-0.4, -0.2) is 22.6 Å². The van der Waals surface area contributed by atoms with Crippen LogP contribution in [0.5, 0.6) is 0 Å². The summed E-state index contributed by atoms with van der Waals surface area (Å²) in [4.78, 5) is 25.2. The molecule has 0 radical (unpaired) electrons. The summed E-state index contributed by atoms with van der Waals surface area (Å²) in [5.74, 6) is 0.365. The summed E-state index contributed by atoms with van der Waals surface area (Å²) >= 11 is 3.01. The SMILES string of the molecule is CCCN1C(=O)S/C(=C\c2ccc(I)o2)C1=O. The van der Waals surface area contributed by atoms with E-state index in [0.29, 0.717) is 17.2 Å². The van der Waals surface area contributed by atoms with Gasteiger partial charge in [0.1, 0.15) is 5.76 Å². The van der Waals surface area contributed by atoms with Gasteiger partial charge in [0.2, 0.25) is 0 Å². The normalized spacial score (nSPS) is 18.5. The van der Waals surface area contributed by atoms with Gasteiger partial charge in [-0.1, -0.05) is 6.92 Å². The third-order valence-electron chi connectivity index (χ3n) is 2.19. The zero-order chi connectivity index (χ0) is 12.4. The molecule has 90 valence electrons. The first-order valence-corrected chi connectivity index (χ1v) is 7.02. The maximum absolute atomic E-state index is 11.9. The van der Waals surface area contributed by atoms with Crippen molar-refractivity contribution in [3.05, 3.63) is 26.6 Å². The number of imide groups is 1. The lowest BCUT2D eigenvalue weighted by Gasteiger charge is -2.09. The van der Waals surface area contributed by atoms with Gasteiger partial charge in [-0.2, -0.15) is 0 Å². The number of thioether (sulfide) groups is 1.